The summed E-state index contributed by atoms with van der Waals surface area (Å²) in [7, 11) is 0. The summed E-state index contributed by atoms with van der Waals surface area (Å²) >= 11 is -4.89. The van der Waals surface area contributed by atoms with Crippen LogP contribution < -0.4 is 0 Å². The van der Waals surface area contributed by atoms with Crippen LogP contribution in [-0.4, -0.2) is 14.5 Å². The van der Waals surface area contributed by atoms with Crippen molar-refractivity contribution in [1.29, 1.82) is 0 Å². The van der Waals surface area contributed by atoms with Crippen LogP contribution in [-0.2, 0) is 18.7 Å². The van der Waals surface area contributed by atoms with Crippen molar-refractivity contribution < 1.29 is 33.2 Å². The maximum atomic E-state index is 7.36. The molecule has 0 atom stereocenters. The van der Waals surface area contributed by atoms with Gasteiger partial charge in [-0.2, -0.15) is 0 Å². The van der Waals surface area contributed by atoms with Gasteiger partial charge in [-0.3, -0.25) is 0 Å². The van der Waals surface area contributed by atoms with E-state index in [9.17, 15) is 0 Å². The molecule has 0 aliphatic carbocycles. The molecule has 0 bridgehead atoms. The van der Waals surface area contributed by atoms with Gasteiger partial charge in [-0.15, -0.1) is 0 Å². The molecule has 0 aromatic rings. The van der Waals surface area contributed by atoms with E-state index in [1.54, 1.807) is 0 Å². The molecular weight excluding hydrogens is 261 g/mol. The van der Waals surface area contributed by atoms with E-state index in [0.717, 1.165) is 0 Å². The first-order valence-corrected chi connectivity index (χ1v) is 4.41. The fourth-order valence-electron chi connectivity index (χ4n) is 0. The monoisotopic (exact) mass is 265 g/mol. The van der Waals surface area contributed by atoms with E-state index in [1.807, 2.05) is 0 Å². The molecule has 0 unspecified atom stereocenters. The van der Waals surface area contributed by atoms with Gasteiger partial charge in [0, 0.05) is 0 Å². The van der Waals surface area contributed by atoms with Crippen LogP contribution in [0.1, 0.15) is 0 Å². The molecule has 0 spiro atoms. The van der Waals surface area contributed by atoms with Crippen LogP contribution in [0.4, 0.5) is 0 Å². The zero-order chi connectivity index (χ0) is 4.50. The van der Waals surface area contributed by atoms with Crippen molar-refractivity contribution >= 4 is 0 Å². The zero-order valence-corrected chi connectivity index (χ0v) is 4.26. The first kappa shape index (κ1) is 5.58. The van der Waals surface area contributed by atoms with Crippen LogP contribution in [0, 0.1) is 0 Å². The van der Waals surface area contributed by atoms with E-state index in [0.29, 0.717) is 0 Å². The fourth-order valence-corrected chi connectivity index (χ4v) is 0. The predicted molar refractivity (Wildman–Crippen MR) is 8.88 cm³/mol. The topological polar surface area (TPSA) is 80.9 Å². The van der Waals surface area contributed by atoms with Gasteiger partial charge in [0.25, 0.3) is 0 Å². The van der Waals surface area contributed by atoms with E-state index in [1.165, 1.54) is 0 Å². The van der Waals surface area contributed by atoms with Gasteiger partial charge in [0.15, 0.2) is 0 Å². The first-order chi connectivity index (χ1) is 2.00. The van der Waals surface area contributed by atoms with Crippen LogP contribution in [0.25, 0.3) is 0 Å². The molecule has 0 aromatic heterocycles. The van der Waals surface area contributed by atoms with Gasteiger partial charge in [-0.1, -0.05) is 0 Å². The second-order valence-electron chi connectivity index (χ2n) is 0.362. The Hall–Kier alpha value is 0.580. The van der Waals surface area contributed by atoms with E-state index < -0.39 is 18.7 Å². The van der Waals surface area contributed by atoms with E-state index in [4.69, 9.17) is 14.5 Å². The van der Waals surface area contributed by atoms with E-state index in [2.05, 4.69) is 0 Å². The summed E-state index contributed by atoms with van der Waals surface area (Å²) in [5.74, 6) is 0. The number of rotatable bonds is 0. The first-order valence-electron chi connectivity index (χ1n) is 0.539. The van der Waals surface area contributed by atoms with Gasteiger partial charge in [0.05, 0.1) is 0 Å². The summed E-state index contributed by atoms with van der Waals surface area (Å²) in [5.41, 5.74) is 0. The van der Waals surface area contributed by atoms with Gasteiger partial charge in [-0.25, -0.2) is 0 Å². The summed E-state index contributed by atoms with van der Waals surface area (Å²) in [6.07, 6.45) is 0. The molecule has 0 fully saturated rings. The Bertz CT molecular complexity index is 19.1. The second kappa shape index (κ2) is 1.36. The third-order valence-corrected chi connectivity index (χ3v) is 0. The van der Waals surface area contributed by atoms with Gasteiger partial charge < -0.3 is 0 Å². The van der Waals surface area contributed by atoms with Crippen molar-refractivity contribution in [3.05, 3.63) is 0 Å². The molecule has 0 rings (SSSR count). The summed E-state index contributed by atoms with van der Waals surface area (Å²) in [4.78, 5) is 0. The van der Waals surface area contributed by atoms with Crippen LogP contribution in [0.5, 0.6) is 0 Å². The summed E-state index contributed by atoms with van der Waals surface area (Å²) in [6.45, 7) is 0. The van der Waals surface area contributed by atoms with Crippen molar-refractivity contribution in [3.8, 4) is 0 Å². The summed E-state index contributed by atoms with van der Waals surface area (Å²) < 4.78 is 29.4. The molecular formula is H4AuO4-2. The standard InChI is InChI=1S/Au.4H2O/h;4*1H2/q+2;;;;/p-4. The average molecular weight is 265 g/mol. The summed E-state index contributed by atoms with van der Waals surface area (Å²) in [6, 6.07) is 0. The molecule has 0 amide bonds. The molecule has 0 aliphatic rings. The third kappa shape index (κ3) is 90.6. The Morgan fingerprint density at radius 3 is 0.800 bits per heavy atom. The Morgan fingerprint density at radius 2 is 0.800 bits per heavy atom. The quantitative estimate of drug-likeness (QED) is 0.374. The maximum absolute atomic E-state index is 7.36. The molecule has 0 heterocycles. The van der Waals surface area contributed by atoms with Crippen molar-refractivity contribution in [2.45, 2.75) is 0 Å². The zero-order valence-electron chi connectivity index (χ0n) is 2.09. The number of hydrogen-bond acceptors (Lipinski definition) is 4. The van der Waals surface area contributed by atoms with Gasteiger partial charge >= 0.3 is 33.2 Å². The van der Waals surface area contributed by atoms with Crippen LogP contribution in [0.15, 0.2) is 0 Å². The number of hydrogen-bond donors (Lipinski definition) is 4. The van der Waals surface area contributed by atoms with E-state index in [-0.39, 0.29) is 0 Å². The van der Waals surface area contributed by atoms with Crippen molar-refractivity contribution in [2.75, 3.05) is 0 Å². The Labute approximate surface area is 33.8 Å². The SMILES string of the molecule is [OH][Au-2]([OH])([OH])[OH]. The molecule has 0 saturated heterocycles. The van der Waals surface area contributed by atoms with Crippen LogP contribution in [0.2, 0.25) is 0 Å². The van der Waals surface area contributed by atoms with Gasteiger partial charge in [-0.05, 0) is 0 Å². The van der Waals surface area contributed by atoms with Crippen LogP contribution in [0.3, 0.4) is 0 Å². The van der Waals surface area contributed by atoms with Crippen molar-refractivity contribution in [1.82, 2.24) is 0 Å². The molecule has 0 aliphatic heterocycles. The molecule has 4 N–H and O–H groups in total. The molecule has 4 nitrogen and oxygen atoms in total. The second-order valence-corrected chi connectivity index (χ2v) is 2.96. The Morgan fingerprint density at radius 1 is 0.800 bits per heavy atom. The van der Waals surface area contributed by atoms with Gasteiger partial charge in [0.2, 0.25) is 0 Å². The minimum atomic E-state index is -4.89. The molecule has 0 saturated carbocycles. The summed E-state index contributed by atoms with van der Waals surface area (Å²) in [5, 5.41) is 0. The molecule has 0 aromatic carbocycles. The molecule has 5 heavy (non-hydrogen) atoms. The van der Waals surface area contributed by atoms with Gasteiger partial charge in [0.1, 0.15) is 0 Å². The molecule has 5 heteroatoms. The Kier molecular flexibility index (Phi) is 1.51. The van der Waals surface area contributed by atoms with Crippen molar-refractivity contribution in [3.63, 3.8) is 0 Å². The predicted octanol–water partition coefficient (Wildman–Crippen LogP) is -2.23. The molecule has 0 radical (unpaired) electrons. The third-order valence-electron chi connectivity index (χ3n) is 0. The normalized spacial score (nSPS) is 15.2. The average Bonchev–Trinajstić information content (AvgIpc) is 0.722. The minimum absolute atomic E-state index is 4.89. The molecule has 41 valence electrons. The fraction of sp³-hybridized carbons (Fsp3) is 0. The van der Waals surface area contributed by atoms with E-state index >= 15 is 0 Å². The Balaban J connectivity index is 3.02. The van der Waals surface area contributed by atoms with Crippen molar-refractivity contribution in [2.24, 2.45) is 0 Å². The van der Waals surface area contributed by atoms with Crippen LogP contribution >= 0.6 is 0 Å².